The minimum Gasteiger partial charge on any atom is -0.497 e. The van der Waals surface area contributed by atoms with Gasteiger partial charge in [0.25, 0.3) is 0 Å². The number of ether oxygens (including phenoxy) is 3. The lowest BCUT2D eigenvalue weighted by atomic mass is 9.65. The van der Waals surface area contributed by atoms with Gasteiger partial charge in [0, 0.05) is 0 Å². The maximum Gasteiger partial charge on any atom is 0.325 e. The Hall–Kier alpha value is -3.88. The number of methoxy groups -OCH3 is 2. The van der Waals surface area contributed by atoms with Gasteiger partial charge in [-0.2, -0.15) is 0 Å². The first-order chi connectivity index (χ1) is 19.6. The predicted octanol–water partition coefficient (Wildman–Crippen LogP) is 5.64. The van der Waals surface area contributed by atoms with Gasteiger partial charge < -0.3 is 24.6 Å². The topological polar surface area (TPSA) is 97.3 Å². The molecule has 1 fully saturated rings. The number of rotatable bonds is 12. The molecule has 0 aliphatic carbocycles. The fourth-order valence-electron chi connectivity index (χ4n) is 5.57. The van der Waals surface area contributed by atoms with Crippen LogP contribution in [0.2, 0.25) is 0 Å². The first-order valence-corrected chi connectivity index (χ1v) is 13.9. The van der Waals surface area contributed by atoms with Crippen molar-refractivity contribution < 1.29 is 28.9 Å². The SMILES string of the molecule is COc1ccc(CCC[C@@]2(C)C(=O)N(C(=O)N[C@H](C)c3ccccc3)[C@@H]2[C@](C)(O)OCc2ccc(OC)cc2)cc1. The summed E-state index contributed by atoms with van der Waals surface area (Å²) >= 11 is 0. The first kappa shape index (κ1) is 30.1. The summed E-state index contributed by atoms with van der Waals surface area (Å²) in [6.45, 7) is 5.29. The van der Waals surface area contributed by atoms with Crippen molar-refractivity contribution in [2.45, 2.75) is 64.5 Å². The average molecular weight is 561 g/mol. The first-order valence-electron chi connectivity index (χ1n) is 13.9. The summed E-state index contributed by atoms with van der Waals surface area (Å²) in [4.78, 5) is 28.2. The van der Waals surface area contributed by atoms with Gasteiger partial charge in [0.2, 0.25) is 5.91 Å². The Morgan fingerprint density at radius 3 is 2.10 bits per heavy atom. The zero-order valence-electron chi connectivity index (χ0n) is 24.4. The van der Waals surface area contributed by atoms with Crippen LogP contribution in [0.3, 0.4) is 0 Å². The largest absolute Gasteiger partial charge is 0.497 e. The molecule has 3 amide bonds. The Kier molecular flexibility index (Phi) is 9.35. The van der Waals surface area contributed by atoms with E-state index in [0.717, 1.165) is 33.8 Å². The predicted molar refractivity (Wildman–Crippen MR) is 156 cm³/mol. The Morgan fingerprint density at radius 2 is 1.54 bits per heavy atom. The molecule has 4 rings (SSSR count). The highest BCUT2D eigenvalue weighted by Crippen LogP contribution is 2.48. The molecule has 1 aliphatic rings. The normalized spacial score (nSPS) is 20.5. The van der Waals surface area contributed by atoms with Gasteiger partial charge in [0.15, 0.2) is 5.79 Å². The quantitative estimate of drug-likeness (QED) is 0.220. The molecule has 0 aromatic heterocycles. The van der Waals surface area contributed by atoms with Gasteiger partial charge in [-0.15, -0.1) is 0 Å². The van der Waals surface area contributed by atoms with Gasteiger partial charge in [-0.05, 0) is 81.0 Å². The average Bonchev–Trinajstić information content (AvgIpc) is 2.99. The van der Waals surface area contributed by atoms with Crippen LogP contribution in [0.25, 0.3) is 0 Å². The number of nitrogens with zero attached hydrogens (tertiary/aromatic N) is 1. The minimum atomic E-state index is -1.80. The summed E-state index contributed by atoms with van der Waals surface area (Å²) in [5.41, 5.74) is 1.86. The summed E-state index contributed by atoms with van der Waals surface area (Å²) in [5, 5.41) is 14.6. The molecule has 0 unspecified atom stereocenters. The minimum absolute atomic E-state index is 0.0967. The molecule has 3 aromatic rings. The summed E-state index contributed by atoms with van der Waals surface area (Å²) in [7, 11) is 3.22. The third-order valence-corrected chi connectivity index (χ3v) is 7.95. The van der Waals surface area contributed by atoms with E-state index >= 15 is 0 Å². The number of amides is 3. The molecular formula is C33H40N2O6. The number of benzene rings is 3. The summed E-state index contributed by atoms with van der Waals surface area (Å²) in [6, 6.07) is 22.9. The molecule has 1 saturated heterocycles. The molecule has 41 heavy (non-hydrogen) atoms. The third-order valence-electron chi connectivity index (χ3n) is 7.95. The number of aliphatic hydroxyl groups is 1. The summed E-state index contributed by atoms with van der Waals surface area (Å²) in [5.74, 6) is -0.629. The van der Waals surface area contributed by atoms with Crippen LogP contribution in [0.4, 0.5) is 4.79 Å². The highest BCUT2D eigenvalue weighted by atomic mass is 16.6. The van der Waals surface area contributed by atoms with Crippen molar-refractivity contribution in [3.63, 3.8) is 0 Å². The zero-order valence-corrected chi connectivity index (χ0v) is 24.4. The van der Waals surface area contributed by atoms with Crippen molar-refractivity contribution in [2.24, 2.45) is 5.41 Å². The highest BCUT2D eigenvalue weighted by Gasteiger charge is 2.66. The van der Waals surface area contributed by atoms with Crippen LogP contribution in [0, 0.1) is 5.41 Å². The van der Waals surface area contributed by atoms with Crippen LogP contribution in [0.1, 0.15) is 56.3 Å². The maximum absolute atomic E-state index is 13.6. The van der Waals surface area contributed by atoms with Crippen molar-refractivity contribution >= 4 is 11.9 Å². The molecule has 8 nitrogen and oxygen atoms in total. The van der Waals surface area contributed by atoms with E-state index in [2.05, 4.69) is 5.32 Å². The van der Waals surface area contributed by atoms with Gasteiger partial charge in [-0.1, -0.05) is 54.6 Å². The lowest BCUT2D eigenvalue weighted by Crippen LogP contribution is -2.77. The second-order valence-electron chi connectivity index (χ2n) is 11.0. The summed E-state index contributed by atoms with van der Waals surface area (Å²) < 4.78 is 16.5. The van der Waals surface area contributed by atoms with Gasteiger partial charge in [0.05, 0.1) is 32.3 Å². The molecule has 0 saturated carbocycles. The van der Waals surface area contributed by atoms with E-state index in [1.807, 2.05) is 92.7 Å². The smallest absolute Gasteiger partial charge is 0.325 e. The number of hydrogen-bond donors (Lipinski definition) is 2. The van der Waals surface area contributed by atoms with Gasteiger partial charge >= 0.3 is 6.03 Å². The molecule has 3 aromatic carbocycles. The monoisotopic (exact) mass is 560 g/mol. The van der Waals surface area contributed by atoms with Gasteiger partial charge in [-0.3, -0.25) is 9.69 Å². The van der Waals surface area contributed by atoms with Crippen LogP contribution in [-0.2, 0) is 22.6 Å². The van der Waals surface area contributed by atoms with E-state index in [9.17, 15) is 14.7 Å². The fraction of sp³-hybridized carbons (Fsp3) is 0.394. The Bertz CT molecular complexity index is 1310. The van der Waals surface area contributed by atoms with Crippen molar-refractivity contribution in [3.8, 4) is 11.5 Å². The van der Waals surface area contributed by atoms with E-state index in [-0.39, 0.29) is 18.6 Å². The standard InChI is InChI=1S/C33H40N2O6/c1-23(26-11-7-6-8-12-26)34-31(37)35-29(33(3,38)41-22-25-15-19-28(40-5)20-16-25)32(2,30(35)36)21-9-10-24-13-17-27(39-4)18-14-24/h6-8,11-20,23,29,38H,9-10,21-22H2,1-5H3,(H,34,37)/t23-,29+,32-,33-/m1/s1. The molecule has 1 aliphatic heterocycles. The molecule has 8 heteroatoms. The lowest BCUT2D eigenvalue weighted by Gasteiger charge is -2.57. The second-order valence-corrected chi connectivity index (χ2v) is 11.0. The Labute approximate surface area is 242 Å². The third kappa shape index (κ3) is 6.72. The second kappa shape index (κ2) is 12.7. The fourth-order valence-corrected chi connectivity index (χ4v) is 5.57. The molecular weight excluding hydrogens is 520 g/mol. The van der Waals surface area contributed by atoms with Crippen molar-refractivity contribution in [2.75, 3.05) is 14.2 Å². The van der Waals surface area contributed by atoms with Gasteiger partial charge in [-0.25, -0.2) is 4.79 Å². The number of carbonyl (C=O) groups is 2. The number of nitrogens with one attached hydrogen (secondary N) is 1. The summed E-state index contributed by atoms with van der Waals surface area (Å²) in [6.07, 6.45) is 1.91. The van der Waals surface area contributed by atoms with Gasteiger partial charge in [0.1, 0.15) is 17.5 Å². The van der Waals surface area contributed by atoms with E-state index in [0.29, 0.717) is 18.6 Å². The van der Waals surface area contributed by atoms with E-state index in [1.54, 1.807) is 14.2 Å². The van der Waals surface area contributed by atoms with Crippen LogP contribution in [0.15, 0.2) is 78.9 Å². The van der Waals surface area contributed by atoms with Crippen LogP contribution < -0.4 is 14.8 Å². The number of carbonyl (C=O) groups excluding carboxylic acids is 2. The van der Waals surface area contributed by atoms with Crippen LogP contribution in [0.5, 0.6) is 11.5 Å². The Balaban J connectivity index is 1.51. The van der Waals surface area contributed by atoms with Crippen LogP contribution in [-0.4, -0.2) is 48.0 Å². The molecule has 1 heterocycles. The number of β-lactam (4-membered cyclic amide) rings is 1. The maximum atomic E-state index is 13.6. The molecule has 218 valence electrons. The van der Waals surface area contributed by atoms with Crippen molar-refractivity contribution in [1.82, 2.24) is 10.2 Å². The lowest BCUT2D eigenvalue weighted by molar-refractivity contribution is -0.271. The molecule has 0 spiro atoms. The molecule has 2 N–H and O–H groups in total. The number of imide groups is 1. The number of likely N-dealkylation sites (tertiary alicyclic amines) is 1. The highest BCUT2D eigenvalue weighted by molar-refractivity contribution is 6.04. The number of urea groups is 1. The van der Waals surface area contributed by atoms with E-state index in [4.69, 9.17) is 14.2 Å². The van der Waals surface area contributed by atoms with Crippen LogP contribution >= 0.6 is 0 Å². The number of hydrogen-bond acceptors (Lipinski definition) is 6. The molecule has 0 bridgehead atoms. The van der Waals surface area contributed by atoms with E-state index in [1.165, 1.54) is 6.92 Å². The Morgan fingerprint density at radius 1 is 0.976 bits per heavy atom. The van der Waals surface area contributed by atoms with Crippen molar-refractivity contribution in [1.29, 1.82) is 0 Å². The zero-order chi connectivity index (χ0) is 29.6. The van der Waals surface area contributed by atoms with Crippen molar-refractivity contribution in [3.05, 3.63) is 95.6 Å². The number of aryl methyl sites for hydroxylation is 1. The molecule has 0 radical (unpaired) electrons. The molecule has 4 atom stereocenters. The van der Waals surface area contributed by atoms with E-state index < -0.39 is 23.3 Å².